The van der Waals surface area contributed by atoms with Crippen molar-refractivity contribution >= 4 is 25.5 Å². The minimum absolute atomic E-state index is 0.187. The molecule has 0 N–H and O–H groups in total. The highest BCUT2D eigenvalue weighted by molar-refractivity contribution is 8.10. The van der Waals surface area contributed by atoms with Crippen molar-refractivity contribution < 1.29 is 26.0 Å². The quantitative estimate of drug-likeness (QED) is 0.414. The molecule has 0 heterocycles. The minimum atomic E-state index is -5.05. The van der Waals surface area contributed by atoms with E-state index < -0.39 is 51.9 Å². The lowest BCUT2D eigenvalue weighted by Gasteiger charge is -2.32. The fourth-order valence-electron chi connectivity index (χ4n) is 3.58. The summed E-state index contributed by atoms with van der Waals surface area (Å²) in [5, 5.41) is 0. The molecule has 0 spiro atoms. The average Bonchev–Trinajstić information content (AvgIpc) is 2.83. The topological polar surface area (TPSA) is 85.3 Å². The number of sulfone groups is 2. The van der Waals surface area contributed by atoms with Crippen LogP contribution in [0, 0.1) is 5.92 Å². The first-order valence-corrected chi connectivity index (χ1v) is 13.0. The highest BCUT2D eigenvalue weighted by atomic mass is 32.3. The Kier molecular flexibility index (Phi) is 6.95. The summed E-state index contributed by atoms with van der Waals surface area (Å²) >= 11 is 0. The van der Waals surface area contributed by atoms with Crippen LogP contribution in [0.5, 0.6) is 0 Å². The van der Waals surface area contributed by atoms with Crippen LogP contribution in [0.2, 0.25) is 0 Å². The number of carbonyl (C=O) groups excluding carboxylic acids is 1. The summed E-state index contributed by atoms with van der Waals surface area (Å²) < 4.78 is 67.3. The summed E-state index contributed by atoms with van der Waals surface area (Å²) in [5.41, 5.74) is 0.252. The lowest BCUT2D eigenvalue weighted by molar-refractivity contribution is 0.0934. The number of rotatable bonds is 9. The Morgan fingerprint density at radius 2 is 1.12 bits per heavy atom. The van der Waals surface area contributed by atoms with Crippen LogP contribution in [-0.2, 0) is 19.7 Å². The largest absolute Gasteiger partial charge is 0.320 e. The van der Waals surface area contributed by atoms with Crippen LogP contribution in [-0.4, -0.2) is 27.0 Å². The van der Waals surface area contributed by atoms with Gasteiger partial charge in [-0.05, 0) is 30.7 Å². The second kappa shape index (κ2) is 9.34. The van der Waals surface area contributed by atoms with Gasteiger partial charge in [-0.1, -0.05) is 73.7 Å². The Hall–Kier alpha value is -2.84. The van der Waals surface area contributed by atoms with Gasteiger partial charge in [0.1, 0.15) is 0 Å². The van der Waals surface area contributed by atoms with Gasteiger partial charge in [-0.2, -0.15) is 0 Å². The summed E-state index contributed by atoms with van der Waals surface area (Å²) in [4.78, 5) is 11.9. The first kappa shape index (κ1) is 23.8. The van der Waals surface area contributed by atoms with E-state index in [9.17, 15) is 21.6 Å². The van der Waals surface area contributed by atoms with Crippen molar-refractivity contribution in [3.05, 3.63) is 96.6 Å². The molecule has 0 amide bonds. The molecule has 3 rings (SSSR count). The lowest BCUT2D eigenvalue weighted by atomic mass is 9.97. The first-order chi connectivity index (χ1) is 15.2. The molecule has 32 heavy (non-hydrogen) atoms. The van der Waals surface area contributed by atoms with Crippen molar-refractivity contribution in [3.63, 3.8) is 0 Å². The number of ketones is 1. The molecule has 3 aromatic carbocycles. The van der Waals surface area contributed by atoms with E-state index in [-0.39, 0.29) is 12.0 Å². The van der Waals surface area contributed by atoms with Crippen molar-refractivity contribution in [1.82, 2.24) is 0 Å². The van der Waals surface area contributed by atoms with Crippen LogP contribution in [0.3, 0.4) is 0 Å². The third-order valence-electron chi connectivity index (χ3n) is 5.35. The molecule has 5 nitrogen and oxygen atoms in total. The number of benzene rings is 3. The molecule has 0 saturated carbocycles. The zero-order valence-electron chi connectivity index (χ0n) is 17.4. The van der Waals surface area contributed by atoms with Crippen LogP contribution in [0.15, 0.2) is 101 Å². The molecular formula is C24H23FO5S2. The molecule has 0 aliphatic carbocycles. The van der Waals surface area contributed by atoms with Gasteiger partial charge < -0.3 is 0 Å². The summed E-state index contributed by atoms with van der Waals surface area (Å²) in [5.74, 6) is -2.17. The molecule has 8 heteroatoms. The average molecular weight is 475 g/mol. The molecule has 0 radical (unpaired) electrons. The smallest absolute Gasteiger partial charge is 0.294 e. The maximum atomic E-state index is 16.9. The predicted molar refractivity (Wildman–Crippen MR) is 120 cm³/mol. The minimum Gasteiger partial charge on any atom is -0.294 e. The molecule has 0 aliphatic rings. The van der Waals surface area contributed by atoms with E-state index in [4.69, 9.17) is 0 Å². The molecule has 168 valence electrons. The van der Waals surface area contributed by atoms with Crippen LogP contribution in [0.1, 0.15) is 30.1 Å². The SMILES string of the molecule is CCC(CC(=O)c1ccccc1)C(F)(S(=O)(=O)c1ccccc1)S(=O)(=O)c1ccccc1. The molecule has 1 unspecified atom stereocenters. The van der Waals surface area contributed by atoms with E-state index in [0.29, 0.717) is 0 Å². The third kappa shape index (κ3) is 4.12. The number of Topliss-reactive ketones (excluding diaryl/α,β-unsaturated/α-hetero) is 1. The van der Waals surface area contributed by atoms with Crippen molar-refractivity contribution in [3.8, 4) is 0 Å². The number of alkyl halides is 1. The Morgan fingerprint density at radius 3 is 1.50 bits per heavy atom. The van der Waals surface area contributed by atoms with Crippen LogP contribution in [0.25, 0.3) is 0 Å². The van der Waals surface area contributed by atoms with Crippen molar-refractivity contribution in [2.45, 2.75) is 33.9 Å². The molecule has 0 aliphatic heterocycles. The van der Waals surface area contributed by atoms with Gasteiger partial charge in [0.2, 0.25) is 19.7 Å². The summed E-state index contributed by atoms with van der Waals surface area (Å²) in [6.45, 7) is 1.47. The van der Waals surface area contributed by atoms with Crippen molar-refractivity contribution in [1.29, 1.82) is 0 Å². The summed E-state index contributed by atoms with van der Waals surface area (Å²) in [6.07, 6.45) is -0.775. The number of hydrogen-bond donors (Lipinski definition) is 0. The zero-order chi connectivity index (χ0) is 23.4. The first-order valence-electron chi connectivity index (χ1n) is 10.0. The standard InChI is InChI=1S/C24H23FO5S2/c1-2-20(18-23(26)19-12-6-3-7-13-19)24(25,31(27,28)21-14-8-4-9-15-21)32(29,30)22-16-10-5-11-17-22/h3-17,20H,2,18H2,1H3. The number of hydrogen-bond acceptors (Lipinski definition) is 5. The van der Waals surface area contributed by atoms with Gasteiger partial charge >= 0.3 is 4.33 Å². The highest BCUT2D eigenvalue weighted by Crippen LogP contribution is 2.45. The lowest BCUT2D eigenvalue weighted by Crippen LogP contribution is -2.49. The van der Waals surface area contributed by atoms with Gasteiger partial charge in [0.25, 0.3) is 0 Å². The van der Waals surface area contributed by atoms with Gasteiger partial charge in [-0.3, -0.25) is 4.79 Å². The zero-order valence-corrected chi connectivity index (χ0v) is 19.0. The molecule has 0 aromatic heterocycles. The van der Waals surface area contributed by atoms with E-state index >= 15 is 4.39 Å². The van der Waals surface area contributed by atoms with Gasteiger partial charge in [0.15, 0.2) is 5.78 Å². The second-order valence-corrected chi connectivity index (χ2v) is 11.7. The number of carbonyl (C=O) groups is 1. The Morgan fingerprint density at radius 1 is 0.750 bits per heavy atom. The maximum Gasteiger partial charge on any atom is 0.320 e. The van der Waals surface area contributed by atoms with E-state index in [2.05, 4.69) is 0 Å². The van der Waals surface area contributed by atoms with Gasteiger partial charge in [0, 0.05) is 17.9 Å². The molecule has 1 atom stereocenters. The van der Waals surface area contributed by atoms with E-state index in [0.717, 1.165) is 24.3 Å². The van der Waals surface area contributed by atoms with E-state index in [1.807, 2.05) is 0 Å². The fraction of sp³-hybridized carbons (Fsp3) is 0.208. The van der Waals surface area contributed by atoms with Crippen LogP contribution >= 0.6 is 0 Å². The Balaban J connectivity index is 2.21. The third-order valence-corrected chi connectivity index (χ3v) is 10.6. The number of halogens is 1. The molecule has 0 saturated heterocycles. The van der Waals surface area contributed by atoms with Crippen LogP contribution < -0.4 is 0 Å². The Labute approximate surface area is 187 Å². The second-order valence-electron chi connectivity index (χ2n) is 7.31. The van der Waals surface area contributed by atoms with Crippen molar-refractivity contribution in [2.75, 3.05) is 0 Å². The van der Waals surface area contributed by atoms with Crippen molar-refractivity contribution in [2.24, 2.45) is 5.92 Å². The molecular weight excluding hydrogens is 451 g/mol. The van der Waals surface area contributed by atoms with Crippen LogP contribution in [0.4, 0.5) is 4.39 Å². The van der Waals surface area contributed by atoms with E-state index in [1.54, 1.807) is 30.3 Å². The highest BCUT2D eigenvalue weighted by Gasteiger charge is 2.62. The van der Waals surface area contributed by atoms with Gasteiger partial charge in [-0.25, -0.2) is 21.2 Å². The maximum absolute atomic E-state index is 16.9. The summed E-state index contributed by atoms with van der Waals surface area (Å²) in [6, 6.07) is 21.2. The fourth-order valence-corrected chi connectivity index (χ4v) is 8.36. The summed E-state index contributed by atoms with van der Waals surface area (Å²) in [7, 11) is -10.1. The monoisotopic (exact) mass is 474 g/mol. The Bertz CT molecular complexity index is 1200. The van der Waals surface area contributed by atoms with E-state index in [1.165, 1.54) is 43.3 Å². The molecule has 0 fully saturated rings. The molecule has 0 bridgehead atoms. The normalized spacial score (nSPS) is 13.4. The van der Waals surface area contributed by atoms with Gasteiger partial charge in [-0.15, -0.1) is 0 Å². The predicted octanol–water partition coefficient (Wildman–Crippen LogP) is 4.86. The molecule has 3 aromatic rings. The van der Waals surface area contributed by atoms with Gasteiger partial charge in [0.05, 0.1) is 9.79 Å².